The molecule has 0 N–H and O–H groups in total. The molecule has 0 amide bonds. The van der Waals surface area contributed by atoms with Crippen LogP contribution in [-0.2, 0) is 9.59 Å². The van der Waals surface area contributed by atoms with Crippen LogP contribution in [0, 0.1) is 0 Å². The normalized spacial score (nSPS) is 17.9. The largest absolute Gasteiger partial charge is 0.294 e. The lowest BCUT2D eigenvalue weighted by Gasteiger charge is -2.13. The second kappa shape index (κ2) is 3.05. The maximum atomic E-state index is 11.3. The number of Topliss-reactive ketones (excluding diaryl/α,β-unsaturated/α-hetero) is 2. The molecule has 2 heteroatoms. The average Bonchev–Trinajstić information content (AvgIpc) is 1.97. The van der Waals surface area contributed by atoms with E-state index in [1.54, 1.807) is 0 Å². The van der Waals surface area contributed by atoms with E-state index in [4.69, 9.17) is 0 Å². The van der Waals surface area contributed by atoms with Crippen LogP contribution < -0.4 is 0 Å². The van der Waals surface area contributed by atoms with Crippen molar-refractivity contribution in [3.8, 4) is 0 Å². The van der Waals surface area contributed by atoms with Crippen molar-refractivity contribution in [2.24, 2.45) is 0 Å². The molecule has 0 unspecified atom stereocenters. The zero-order chi connectivity index (χ0) is 9.30. The van der Waals surface area contributed by atoms with Crippen molar-refractivity contribution >= 4 is 11.6 Å². The van der Waals surface area contributed by atoms with Gasteiger partial charge in [0.2, 0.25) is 0 Å². The third-order valence-corrected chi connectivity index (χ3v) is 2.19. The summed E-state index contributed by atoms with van der Waals surface area (Å²) in [6.07, 6.45) is 2.24. The van der Waals surface area contributed by atoms with Gasteiger partial charge in [0.05, 0.1) is 5.57 Å². The number of allylic oxidation sites excluding steroid dienone is 4. The Labute approximate surface area is 72.0 Å². The predicted molar refractivity (Wildman–Crippen MR) is 46.8 cm³/mol. The SMILES string of the molecule is CC(=O)C1=C(C)C(C)=CCC1=O. The van der Waals surface area contributed by atoms with Crippen LogP contribution in [0.1, 0.15) is 27.2 Å². The van der Waals surface area contributed by atoms with Crippen LogP contribution in [0.25, 0.3) is 0 Å². The topological polar surface area (TPSA) is 34.1 Å². The highest BCUT2D eigenvalue weighted by atomic mass is 16.1. The Balaban J connectivity index is 3.20. The Morgan fingerprint density at radius 2 is 2.00 bits per heavy atom. The lowest BCUT2D eigenvalue weighted by Crippen LogP contribution is -2.15. The summed E-state index contributed by atoms with van der Waals surface area (Å²) < 4.78 is 0. The maximum Gasteiger partial charge on any atom is 0.170 e. The Morgan fingerprint density at radius 3 is 2.42 bits per heavy atom. The number of ketones is 2. The molecule has 0 aliphatic heterocycles. The van der Waals surface area contributed by atoms with E-state index in [1.165, 1.54) is 6.92 Å². The summed E-state index contributed by atoms with van der Waals surface area (Å²) in [6, 6.07) is 0. The first-order valence-electron chi connectivity index (χ1n) is 3.96. The van der Waals surface area contributed by atoms with Crippen molar-refractivity contribution in [3.05, 3.63) is 22.8 Å². The lowest BCUT2D eigenvalue weighted by molar-refractivity contribution is -0.120. The molecule has 0 aromatic rings. The molecule has 1 aliphatic rings. The summed E-state index contributed by atoms with van der Waals surface area (Å²) in [6.45, 7) is 5.18. The van der Waals surface area contributed by atoms with Gasteiger partial charge in [-0.25, -0.2) is 0 Å². The van der Waals surface area contributed by atoms with E-state index < -0.39 is 0 Å². The molecule has 0 heterocycles. The second-order valence-electron chi connectivity index (χ2n) is 3.07. The van der Waals surface area contributed by atoms with Crippen molar-refractivity contribution in [1.82, 2.24) is 0 Å². The van der Waals surface area contributed by atoms with Crippen LogP contribution in [0.3, 0.4) is 0 Å². The van der Waals surface area contributed by atoms with Gasteiger partial charge in [0.25, 0.3) is 0 Å². The Hall–Kier alpha value is -1.18. The molecule has 0 saturated carbocycles. The Kier molecular flexibility index (Phi) is 2.27. The summed E-state index contributed by atoms with van der Waals surface area (Å²) in [7, 11) is 0. The van der Waals surface area contributed by atoms with Gasteiger partial charge in [0, 0.05) is 6.42 Å². The molecule has 1 aliphatic carbocycles. The molecule has 0 saturated heterocycles. The predicted octanol–water partition coefficient (Wildman–Crippen LogP) is 1.81. The van der Waals surface area contributed by atoms with Gasteiger partial charge in [-0.2, -0.15) is 0 Å². The number of hydrogen-bond acceptors (Lipinski definition) is 2. The number of rotatable bonds is 1. The highest BCUT2D eigenvalue weighted by molar-refractivity contribution is 6.21. The van der Waals surface area contributed by atoms with Gasteiger partial charge in [0.15, 0.2) is 11.6 Å². The minimum absolute atomic E-state index is 0.0504. The molecule has 0 fully saturated rings. The molecule has 64 valence electrons. The van der Waals surface area contributed by atoms with E-state index in [0.717, 1.165) is 11.1 Å². The third-order valence-electron chi connectivity index (χ3n) is 2.19. The molecule has 0 bridgehead atoms. The average molecular weight is 164 g/mol. The number of carbonyl (C=O) groups excluding carboxylic acids is 2. The van der Waals surface area contributed by atoms with Crippen LogP contribution in [0.15, 0.2) is 22.8 Å². The quantitative estimate of drug-likeness (QED) is 0.554. The molecule has 1 rings (SSSR count). The highest BCUT2D eigenvalue weighted by Crippen LogP contribution is 2.22. The standard InChI is InChI=1S/C10H12O2/c1-6-4-5-9(12)10(7(6)2)8(3)11/h4H,5H2,1-3H3. The first kappa shape index (κ1) is 8.91. The van der Waals surface area contributed by atoms with Crippen LogP contribution >= 0.6 is 0 Å². The summed E-state index contributed by atoms with van der Waals surface area (Å²) in [4.78, 5) is 22.3. The van der Waals surface area contributed by atoms with Gasteiger partial charge in [-0.15, -0.1) is 0 Å². The van der Waals surface area contributed by atoms with E-state index in [1.807, 2.05) is 19.9 Å². The smallest absolute Gasteiger partial charge is 0.170 e. The van der Waals surface area contributed by atoms with Crippen LogP contribution in [-0.4, -0.2) is 11.6 Å². The number of hydrogen-bond donors (Lipinski definition) is 0. The summed E-state index contributed by atoms with van der Waals surface area (Å²) >= 11 is 0. The van der Waals surface area contributed by atoms with E-state index in [-0.39, 0.29) is 11.6 Å². The van der Waals surface area contributed by atoms with E-state index in [9.17, 15) is 9.59 Å². The zero-order valence-corrected chi connectivity index (χ0v) is 7.60. The van der Waals surface area contributed by atoms with E-state index in [0.29, 0.717) is 12.0 Å². The summed E-state index contributed by atoms with van der Waals surface area (Å²) in [5.41, 5.74) is 2.26. The molecule has 0 radical (unpaired) electrons. The van der Waals surface area contributed by atoms with Crippen LogP contribution in [0.4, 0.5) is 0 Å². The zero-order valence-electron chi connectivity index (χ0n) is 7.60. The molecule has 0 atom stereocenters. The fourth-order valence-electron chi connectivity index (χ4n) is 1.37. The first-order valence-corrected chi connectivity index (χ1v) is 3.96. The van der Waals surface area contributed by atoms with Gasteiger partial charge in [-0.3, -0.25) is 9.59 Å². The fraction of sp³-hybridized carbons (Fsp3) is 0.400. The highest BCUT2D eigenvalue weighted by Gasteiger charge is 2.20. The van der Waals surface area contributed by atoms with Crippen molar-refractivity contribution in [2.45, 2.75) is 27.2 Å². The van der Waals surface area contributed by atoms with Gasteiger partial charge >= 0.3 is 0 Å². The van der Waals surface area contributed by atoms with Gasteiger partial charge in [0.1, 0.15) is 0 Å². The van der Waals surface area contributed by atoms with Crippen LogP contribution in [0.2, 0.25) is 0 Å². The molecular formula is C10H12O2. The van der Waals surface area contributed by atoms with Crippen molar-refractivity contribution in [2.75, 3.05) is 0 Å². The van der Waals surface area contributed by atoms with E-state index in [2.05, 4.69) is 0 Å². The summed E-state index contributed by atoms with van der Waals surface area (Å²) in [5.74, 6) is -0.171. The Bertz CT molecular complexity index is 306. The van der Waals surface area contributed by atoms with Crippen LogP contribution in [0.5, 0.6) is 0 Å². The summed E-state index contributed by atoms with van der Waals surface area (Å²) in [5, 5.41) is 0. The molecule has 12 heavy (non-hydrogen) atoms. The van der Waals surface area contributed by atoms with E-state index >= 15 is 0 Å². The minimum Gasteiger partial charge on any atom is -0.294 e. The third kappa shape index (κ3) is 1.37. The van der Waals surface area contributed by atoms with Gasteiger partial charge < -0.3 is 0 Å². The molecular weight excluding hydrogens is 152 g/mol. The first-order chi connectivity index (χ1) is 5.54. The van der Waals surface area contributed by atoms with Gasteiger partial charge in [-0.05, 0) is 26.3 Å². The molecule has 2 nitrogen and oxygen atoms in total. The Morgan fingerprint density at radius 1 is 1.42 bits per heavy atom. The maximum absolute atomic E-state index is 11.3. The molecule has 0 aromatic heterocycles. The van der Waals surface area contributed by atoms with Crippen molar-refractivity contribution in [3.63, 3.8) is 0 Å². The molecule has 0 aromatic carbocycles. The fourth-order valence-corrected chi connectivity index (χ4v) is 1.37. The van der Waals surface area contributed by atoms with Crippen molar-refractivity contribution < 1.29 is 9.59 Å². The monoisotopic (exact) mass is 164 g/mol. The lowest BCUT2D eigenvalue weighted by atomic mass is 9.90. The molecule has 0 spiro atoms. The minimum atomic E-state index is -0.120. The van der Waals surface area contributed by atoms with Gasteiger partial charge in [-0.1, -0.05) is 11.6 Å². The van der Waals surface area contributed by atoms with Crippen molar-refractivity contribution in [1.29, 1.82) is 0 Å². The number of carbonyl (C=O) groups is 2. The second-order valence-corrected chi connectivity index (χ2v) is 3.07.